The first-order valence-electron chi connectivity index (χ1n) is 10.7. The van der Waals surface area contributed by atoms with Gasteiger partial charge < -0.3 is 4.90 Å². The lowest BCUT2D eigenvalue weighted by Gasteiger charge is -2.39. The minimum atomic E-state index is -0.0912. The lowest BCUT2D eigenvalue weighted by molar-refractivity contribution is -0.136. The zero-order valence-corrected chi connectivity index (χ0v) is 16.4. The number of likely N-dealkylation sites (tertiary alicyclic amines) is 1. The van der Waals surface area contributed by atoms with Gasteiger partial charge in [0.25, 0.3) is 0 Å². The number of hydrogen-bond acceptors (Lipinski definition) is 3. The van der Waals surface area contributed by atoms with Gasteiger partial charge in [-0.25, -0.2) is 4.98 Å². The molecule has 0 spiro atoms. The van der Waals surface area contributed by atoms with E-state index in [-0.39, 0.29) is 29.7 Å². The highest BCUT2D eigenvalue weighted by molar-refractivity contribution is 5.95. The van der Waals surface area contributed by atoms with E-state index in [1.807, 2.05) is 35.1 Å². The van der Waals surface area contributed by atoms with Gasteiger partial charge in [0.1, 0.15) is 5.82 Å². The largest absolute Gasteiger partial charge is 0.342 e. The number of amides is 2. The number of anilines is 1. The number of piperidine rings is 1. The van der Waals surface area contributed by atoms with Crippen molar-refractivity contribution in [2.75, 3.05) is 18.0 Å². The Morgan fingerprint density at radius 3 is 2.44 bits per heavy atom. The van der Waals surface area contributed by atoms with Crippen molar-refractivity contribution in [2.24, 2.45) is 11.8 Å². The van der Waals surface area contributed by atoms with E-state index in [0.717, 1.165) is 56.5 Å². The van der Waals surface area contributed by atoms with Crippen molar-refractivity contribution in [2.45, 2.75) is 70.8 Å². The van der Waals surface area contributed by atoms with Gasteiger partial charge in [0.15, 0.2) is 0 Å². The summed E-state index contributed by atoms with van der Waals surface area (Å²) < 4.78 is 0. The summed E-state index contributed by atoms with van der Waals surface area (Å²) >= 11 is 0. The lowest BCUT2D eigenvalue weighted by atomic mass is 9.91. The van der Waals surface area contributed by atoms with Crippen molar-refractivity contribution < 1.29 is 9.59 Å². The molecule has 1 atom stereocenters. The average Bonchev–Trinajstić information content (AvgIpc) is 3.55. The SMILES string of the molecule is Cc1ccc(N(C(=O)[C@@H]2CCCN(C(=O)C3CC3)C2)C2CCCCC2)nc1. The van der Waals surface area contributed by atoms with Gasteiger partial charge in [0.05, 0.1) is 5.92 Å². The first-order chi connectivity index (χ1) is 13.1. The van der Waals surface area contributed by atoms with Crippen molar-refractivity contribution >= 4 is 17.6 Å². The third kappa shape index (κ3) is 4.17. The Kier molecular flexibility index (Phi) is 5.46. The van der Waals surface area contributed by atoms with Crippen LogP contribution in [-0.2, 0) is 9.59 Å². The summed E-state index contributed by atoms with van der Waals surface area (Å²) in [5, 5.41) is 0. The fraction of sp³-hybridized carbons (Fsp3) is 0.682. The minimum absolute atomic E-state index is 0.0912. The molecule has 5 nitrogen and oxygen atoms in total. The third-order valence-electron chi connectivity index (χ3n) is 6.33. The van der Waals surface area contributed by atoms with Crippen LogP contribution in [-0.4, -0.2) is 40.8 Å². The quantitative estimate of drug-likeness (QED) is 0.813. The lowest BCUT2D eigenvalue weighted by Crippen LogP contribution is -2.50. The van der Waals surface area contributed by atoms with Crippen molar-refractivity contribution in [3.63, 3.8) is 0 Å². The van der Waals surface area contributed by atoms with E-state index in [2.05, 4.69) is 4.98 Å². The molecule has 1 aromatic rings. The molecule has 0 unspecified atom stereocenters. The topological polar surface area (TPSA) is 53.5 Å². The summed E-state index contributed by atoms with van der Waals surface area (Å²) in [6.07, 6.45) is 11.4. The number of carbonyl (C=O) groups excluding carboxylic acids is 2. The van der Waals surface area contributed by atoms with Crippen LogP contribution in [0.2, 0.25) is 0 Å². The number of nitrogens with zero attached hydrogens (tertiary/aromatic N) is 3. The first kappa shape index (κ1) is 18.5. The average molecular weight is 370 g/mol. The van der Waals surface area contributed by atoms with E-state index in [0.29, 0.717) is 6.54 Å². The van der Waals surface area contributed by atoms with E-state index in [4.69, 9.17) is 0 Å². The van der Waals surface area contributed by atoms with Crippen molar-refractivity contribution in [1.82, 2.24) is 9.88 Å². The van der Waals surface area contributed by atoms with E-state index >= 15 is 0 Å². The molecule has 1 aliphatic heterocycles. The van der Waals surface area contributed by atoms with Crippen LogP contribution >= 0.6 is 0 Å². The van der Waals surface area contributed by atoms with E-state index in [9.17, 15) is 9.59 Å². The maximum Gasteiger partial charge on any atom is 0.233 e. The van der Waals surface area contributed by atoms with Gasteiger partial charge in [-0.05, 0) is 57.1 Å². The molecule has 4 rings (SSSR count). The Balaban J connectivity index is 1.53. The molecular formula is C22H31N3O2. The van der Waals surface area contributed by atoms with Crippen molar-refractivity contribution in [1.29, 1.82) is 0 Å². The zero-order chi connectivity index (χ0) is 18.8. The predicted molar refractivity (Wildman–Crippen MR) is 105 cm³/mol. The molecule has 3 aliphatic rings. The molecule has 146 valence electrons. The minimum Gasteiger partial charge on any atom is -0.342 e. The number of rotatable bonds is 4. The molecule has 27 heavy (non-hydrogen) atoms. The van der Waals surface area contributed by atoms with E-state index in [1.54, 1.807) is 0 Å². The summed E-state index contributed by atoms with van der Waals surface area (Å²) in [6, 6.07) is 4.27. The van der Waals surface area contributed by atoms with Crippen LogP contribution in [0.15, 0.2) is 18.3 Å². The van der Waals surface area contributed by atoms with Crippen molar-refractivity contribution in [3.8, 4) is 0 Å². The smallest absolute Gasteiger partial charge is 0.233 e. The van der Waals surface area contributed by atoms with Crippen LogP contribution in [0.1, 0.15) is 63.4 Å². The Bertz CT molecular complexity index is 677. The number of aryl methyl sites for hydroxylation is 1. The second-order valence-electron chi connectivity index (χ2n) is 8.59. The molecular weight excluding hydrogens is 338 g/mol. The second kappa shape index (κ2) is 7.99. The molecule has 3 fully saturated rings. The molecule has 0 N–H and O–H groups in total. The number of hydrogen-bond donors (Lipinski definition) is 0. The highest BCUT2D eigenvalue weighted by atomic mass is 16.2. The van der Waals surface area contributed by atoms with Gasteiger partial charge in [-0.1, -0.05) is 25.3 Å². The van der Waals surface area contributed by atoms with Gasteiger partial charge in [0, 0.05) is 31.2 Å². The normalized spacial score (nSPS) is 23.9. The Hall–Kier alpha value is -1.91. The summed E-state index contributed by atoms with van der Waals surface area (Å²) in [6.45, 7) is 3.42. The van der Waals surface area contributed by atoms with Crippen LogP contribution in [0.25, 0.3) is 0 Å². The summed E-state index contributed by atoms with van der Waals surface area (Å²) in [5.74, 6) is 1.36. The molecule has 1 aromatic heterocycles. The Morgan fingerprint density at radius 2 is 1.78 bits per heavy atom. The van der Waals surface area contributed by atoms with Gasteiger partial charge in [0.2, 0.25) is 11.8 Å². The molecule has 2 amide bonds. The number of pyridine rings is 1. The molecule has 2 saturated carbocycles. The molecule has 0 radical (unpaired) electrons. The monoisotopic (exact) mass is 369 g/mol. The Labute approximate surface area is 162 Å². The van der Waals surface area contributed by atoms with Crippen LogP contribution in [0.5, 0.6) is 0 Å². The molecule has 0 aromatic carbocycles. The molecule has 2 aliphatic carbocycles. The highest BCUT2D eigenvalue weighted by Crippen LogP contribution is 2.34. The standard InChI is InChI=1S/C22H31N3O2/c1-16-9-12-20(23-14-16)25(19-7-3-2-4-8-19)22(27)18-6-5-13-24(15-18)21(26)17-10-11-17/h9,12,14,17-19H,2-8,10-11,13,15H2,1H3/t18-/m1/s1. The van der Waals surface area contributed by atoms with Gasteiger partial charge in [-0.2, -0.15) is 0 Å². The fourth-order valence-electron chi connectivity index (χ4n) is 4.59. The maximum atomic E-state index is 13.6. The van der Waals surface area contributed by atoms with Gasteiger partial charge in [-0.15, -0.1) is 0 Å². The van der Waals surface area contributed by atoms with Crippen LogP contribution in [0.4, 0.5) is 5.82 Å². The van der Waals surface area contributed by atoms with Crippen LogP contribution < -0.4 is 4.90 Å². The van der Waals surface area contributed by atoms with Crippen LogP contribution in [0.3, 0.4) is 0 Å². The van der Waals surface area contributed by atoms with Gasteiger partial charge >= 0.3 is 0 Å². The second-order valence-corrected chi connectivity index (χ2v) is 8.59. The van der Waals surface area contributed by atoms with E-state index < -0.39 is 0 Å². The summed E-state index contributed by atoms with van der Waals surface area (Å²) in [5.41, 5.74) is 1.11. The van der Waals surface area contributed by atoms with Crippen molar-refractivity contribution in [3.05, 3.63) is 23.9 Å². The number of aromatic nitrogens is 1. The molecule has 2 heterocycles. The first-order valence-corrected chi connectivity index (χ1v) is 10.7. The maximum absolute atomic E-state index is 13.6. The summed E-state index contributed by atoms with van der Waals surface area (Å²) in [4.78, 5) is 34.6. The highest BCUT2D eigenvalue weighted by Gasteiger charge is 2.39. The molecule has 5 heteroatoms. The number of carbonyl (C=O) groups is 2. The van der Waals surface area contributed by atoms with E-state index in [1.165, 1.54) is 19.3 Å². The predicted octanol–water partition coefficient (Wildman–Crippen LogP) is 3.70. The zero-order valence-electron chi connectivity index (χ0n) is 16.4. The molecule has 1 saturated heterocycles. The Morgan fingerprint density at radius 1 is 1.00 bits per heavy atom. The fourth-order valence-corrected chi connectivity index (χ4v) is 4.59. The molecule has 0 bridgehead atoms. The third-order valence-corrected chi connectivity index (χ3v) is 6.33. The summed E-state index contributed by atoms with van der Waals surface area (Å²) in [7, 11) is 0. The van der Waals surface area contributed by atoms with Crippen LogP contribution in [0, 0.1) is 18.8 Å². The van der Waals surface area contributed by atoms with Gasteiger partial charge in [-0.3, -0.25) is 14.5 Å².